The van der Waals surface area contributed by atoms with Crippen LogP contribution in [0.3, 0.4) is 0 Å². The Hall–Kier alpha value is -1.51. The van der Waals surface area contributed by atoms with Gasteiger partial charge in [0.1, 0.15) is 11.4 Å². The average Bonchev–Trinajstić information content (AvgIpc) is 3.11. The van der Waals surface area contributed by atoms with Gasteiger partial charge in [-0.15, -0.1) is 22.7 Å². The molecule has 5 nitrogen and oxygen atoms in total. The molecule has 0 saturated heterocycles. The van der Waals surface area contributed by atoms with Gasteiger partial charge in [-0.2, -0.15) is 0 Å². The SMILES string of the molecule is CCN(Cc1ccc(Br)s1)C(=O)Cn1cnc2sc(C)c(C)c2c1=O. The van der Waals surface area contributed by atoms with Crippen molar-refractivity contribution in [3.8, 4) is 0 Å². The Morgan fingerprint density at radius 1 is 1.32 bits per heavy atom. The zero-order valence-electron chi connectivity index (χ0n) is 14.2. The lowest BCUT2D eigenvalue weighted by atomic mass is 10.2. The monoisotopic (exact) mass is 439 g/mol. The Morgan fingerprint density at radius 2 is 2.08 bits per heavy atom. The maximum Gasteiger partial charge on any atom is 0.262 e. The van der Waals surface area contributed by atoms with Crippen molar-refractivity contribution in [2.45, 2.75) is 33.9 Å². The topological polar surface area (TPSA) is 55.2 Å². The summed E-state index contributed by atoms with van der Waals surface area (Å²) >= 11 is 6.56. The van der Waals surface area contributed by atoms with E-state index in [1.807, 2.05) is 32.9 Å². The molecule has 0 aliphatic rings. The summed E-state index contributed by atoms with van der Waals surface area (Å²) in [4.78, 5) is 34.4. The van der Waals surface area contributed by atoms with E-state index >= 15 is 0 Å². The molecule has 0 saturated carbocycles. The van der Waals surface area contributed by atoms with Crippen molar-refractivity contribution in [1.82, 2.24) is 14.5 Å². The number of aryl methyl sites for hydroxylation is 2. The molecule has 25 heavy (non-hydrogen) atoms. The van der Waals surface area contributed by atoms with Crippen molar-refractivity contribution in [2.75, 3.05) is 6.54 Å². The van der Waals surface area contributed by atoms with E-state index in [2.05, 4.69) is 20.9 Å². The molecule has 3 aromatic rings. The zero-order valence-corrected chi connectivity index (χ0v) is 17.4. The van der Waals surface area contributed by atoms with Gasteiger partial charge in [0.15, 0.2) is 0 Å². The van der Waals surface area contributed by atoms with Crippen LogP contribution in [-0.4, -0.2) is 26.9 Å². The Balaban J connectivity index is 1.84. The first-order chi connectivity index (χ1) is 11.9. The highest BCUT2D eigenvalue weighted by Gasteiger charge is 2.17. The Labute approximate surface area is 162 Å². The molecule has 3 rings (SSSR count). The number of fused-ring (bicyclic) bond motifs is 1. The van der Waals surface area contributed by atoms with E-state index in [1.165, 1.54) is 22.2 Å². The summed E-state index contributed by atoms with van der Waals surface area (Å²) in [5.41, 5.74) is 0.810. The predicted octanol–water partition coefficient (Wildman–Crippen LogP) is 3.95. The van der Waals surface area contributed by atoms with Gasteiger partial charge in [-0.1, -0.05) is 0 Å². The van der Waals surface area contributed by atoms with Gasteiger partial charge in [0.2, 0.25) is 5.91 Å². The molecule has 0 atom stereocenters. The summed E-state index contributed by atoms with van der Waals surface area (Å²) in [6, 6.07) is 3.98. The number of hydrogen-bond acceptors (Lipinski definition) is 5. The molecule has 0 fully saturated rings. The van der Waals surface area contributed by atoms with E-state index in [0.29, 0.717) is 18.5 Å². The average molecular weight is 440 g/mol. The maximum absolute atomic E-state index is 12.7. The standard InChI is InChI=1S/C17H18BrN3O2S2/c1-4-20(7-12-5-6-13(18)25-12)14(22)8-21-9-19-16-15(17(21)23)10(2)11(3)24-16/h5-6,9H,4,7-8H2,1-3H3. The third-order valence-electron chi connectivity index (χ3n) is 4.17. The number of rotatable bonds is 5. The number of halogens is 1. The van der Waals surface area contributed by atoms with E-state index in [4.69, 9.17) is 0 Å². The van der Waals surface area contributed by atoms with Crippen LogP contribution in [0.15, 0.2) is 27.0 Å². The zero-order chi connectivity index (χ0) is 18.1. The van der Waals surface area contributed by atoms with E-state index in [-0.39, 0.29) is 18.0 Å². The molecule has 0 spiro atoms. The third kappa shape index (κ3) is 3.70. The normalized spacial score (nSPS) is 11.2. The van der Waals surface area contributed by atoms with Crippen LogP contribution in [0.5, 0.6) is 0 Å². The fourth-order valence-electron chi connectivity index (χ4n) is 2.63. The maximum atomic E-state index is 12.7. The molecule has 1 amide bonds. The minimum atomic E-state index is -0.143. The molecular formula is C17H18BrN3O2S2. The molecule has 0 aliphatic heterocycles. The van der Waals surface area contributed by atoms with Gasteiger partial charge < -0.3 is 4.90 Å². The van der Waals surface area contributed by atoms with Crippen LogP contribution in [0.2, 0.25) is 0 Å². The molecule has 0 radical (unpaired) electrons. The van der Waals surface area contributed by atoms with Crippen molar-refractivity contribution in [3.05, 3.63) is 47.9 Å². The minimum absolute atomic E-state index is 0.0104. The minimum Gasteiger partial charge on any atom is -0.336 e. The molecule has 0 N–H and O–H groups in total. The lowest BCUT2D eigenvalue weighted by Crippen LogP contribution is -2.36. The summed E-state index contributed by atoms with van der Waals surface area (Å²) in [6.07, 6.45) is 1.48. The molecule has 0 aliphatic carbocycles. The largest absolute Gasteiger partial charge is 0.336 e. The number of likely N-dealkylation sites (N-methyl/N-ethyl adjacent to an activating group) is 1. The van der Waals surface area contributed by atoms with Gasteiger partial charge >= 0.3 is 0 Å². The second kappa shape index (κ2) is 7.39. The number of hydrogen-bond donors (Lipinski definition) is 0. The van der Waals surface area contributed by atoms with Crippen molar-refractivity contribution >= 4 is 54.7 Å². The number of carbonyl (C=O) groups excluding carboxylic acids is 1. The lowest BCUT2D eigenvalue weighted by Gasteiger charge is -2.20. The van der Waals surface area contributed by atoms with Gasteiger partial charge in [0, 0.05) is 16.3 Å². The van der Waals surface area contributed by atoms with E-state index in [9.17, 15) is 9.59 Å². The van der Waals surface area contributed by atoms with Crippen LogP contribution in [0.25, 0.3) is 10.2 Å². The van der Waals surface area contributed by atoms with Gasteiger partial charge in [-0.25, -0.2) is 4.98 Å². The molecule has 0 unspecified atom stereocenters. The van der Waals surface area contributed by atoms with E-state index < -0.39 is 0 Å². The van der Waals surface area contributed by atoms with E-state index in [0.717, 1.165) is 23.9 Å². The summed E-state index contributed by atoms with van der Waals surface area (Å²) < 4.78 is 2.46. The fourth-order valence-corrected chi connectivity index (χ4v) is 5.12. The lowest BCUT2D eigenvalue weighted by molar-refractivity contribution is -0.132. The molecule has 8 heteroatoms. The highest BCUT2D eigenvalue weighted by atomic mass is 79.9. The number of aromatic nitrogens is 2. The first kappa shape index (κ1) is 18.3. The number of carbonyl (C=O) groups is 1. The first-order valence-corrected chi connectivity index (χ1v) is 10.3. The summed E-state index contributed by atoms with van der Waals surface area (Å²) in [5.74, 6) is -0.0834. The number of amides is 1. The smallest absolute Gasteiger partial charge is 0.262 e. The second-order valence-corrected chi connectivity index (χ2v) is 9.51. The van der Waals surface area contributed by atoms with E-state index in [1.54, 1.807) is 16.2 Å². The molecule has 0 bridgehead atoms. The molecule has 3 heterocycles. The molecule has 132 valence electrons. The van der Waals surface area contributed by atoms with Crippen LogP contribution in [0.1, 0.15) is 22.2 Å². The Bertz CT molecular complexity index is 990. The first-order valence-electron chi connectivity index (χ1n) is 7.87. The van der Waals surface area contributed by atoms with Crippen LogP contribution in [0.4, 0.5) is 0 Å². The quantitative estimate of drug-likeness (QED) is 0.604. The highest BCUT2D eigenvalue weighted by molar-refractivity contribution is 9.11. The summed E-state index contributed by atoms with van der Waals surface area (Å²) in [6.45, 7) is 7.00. The van der Waals surface area contributed by atoms with Gasteiger partial charge in [0.05, 0.1) is 22.0 Å². The Morgan fingerprint density at radius 3 is 2.72 bits per heavy atom. The van der Waals surface area contributed by atoms with Crippen molar-refractivity contribution in [2.24, 2.45) is 0 Å². The number of nitrogens with zero attached hydrogens (tertiary/aromatic N) is 3. The molecule has 3 aromatic heterocycles. The fraction of sp³-hybridized carbons (Fsp3) is 0.353. The van der Waals surface area contributed by atoms with Gasteiger partial charge in [-0.05, 0) is 54.4 Å². The number of thiophene rings is 2. The van der Waals surface area contributed by atoms with Crippen LogP contribution in [0, 0.1) is 13.8 Å². The molecular weight excluding hydrogens is 422 g/mol. The molecule has 0 aromatic carbocycles. The van der Waals surface area contributed by atoms with Crippen molar-refractivity contribution in [1.29, 1.82) is 0 Å². The Kier molecular flexibility index (Phi) is 5.41. The summed E-state index contributed by atoms with van der Waals surface area (Å²) in [7, 11) is 0. The van der Waals surface area contributed by atoms with Crippen LogP contribution < -0.4 is 5.56 Å². The van der Waals surface area contributed by atoms with Crippen molar-refractivity contribution < 1.29 is 4.79 Å². The van der Waals surface area contributed by atoms with Crippen LogP contribution >= 0.6 is 38.6 Å². The predicted molar refractivity (Wildman–Crippen MR) is 106 cm³/mol. The van der Waals surface area contributed by atoms with Crippen LogP contribution in [-0.2, 0) is 17.9 Å². The third-order valence-corrected chi connectivity index (χ3v) is 6.90. The van der Waals surface area contributed by atoms with Gasteiger partial charge in [0.25, 0.3) is 5.56 Å². The van der Waals surface area contributed by atoms with Gasteiger partial charge in [-0.3, -0.25) is 14.2 Å². The second-order valence-electron chi connectivity index (χ2n) is 5.75. The highest BCUT2D eigenvalue weighted by Crippen LogP contribution is 2.25. The summed E-state index contributed by atoms with van der Waals surface area (Å²) in [5, 5.41) is 0.628. The van der Waals surface area contributed by atoms with Crippen molar-refractivity contribution in [3.63, 3.8) is 0 Å².